The highest BCUT2D eigenvalue weighted by Gasteiger charge is 2.35. The summed E-state index contributed by atoms with van der Waals surface area (Å²) in [7, 11) is 0. The topological polar surface area (TPSA) is 57.6 Å². The van der Waals surface area contributed by atoms with Crippen molar-refractivity contribution in [2.45, 2.75) is 78.1 Å². The lowest BCUT2D eigenvalue weighted by Crippen LogP contribution is -2.33. The van der Waals surface area contributed by atoms with E-state index in [0.29, 0.717) is 12.5 Å². The highest BCUT2D eigenvalue weighted by Crippen LogP contribution is 2.29. The van der Waals surface area contributed by atoms with Gasteiger partial charge in [-0.3, -0.25) is 9.59 Å². The van der Waals surface area contributed by atoms with E-state index in [0.717, 1.165) is 12.8 Å². The third-order valence-electron chi connectivity index (χ3n) is 4.86. The van der Waals surface area contributed by atoms with E-state index in [1.807, 2.05) is 0 Å². The van der Waals surface area contributed by atoms with E-state index in [-0.39, 0.29) is 18.4 Å². The second-order valence-electron chi connectivity index (χ2n) is 6.79. The molecule has 0 aromatic heterocycles. The van der Waals surface area contributed by atoms with Gasteiger partial charge in [-0.2, -0.15) is 0 Å². The Bertz CT molecular complexity index is 343. The number of carbonyl (C=O) groups excluding carboxylic acids is 1. The Morgan fingerprint density at radius 2 is 1.77 bits per heavy atom. The summed E-state index contributed by atoms with van der Waals surface area (Å²) in [6.07, 6.45) is 12.4. The standard InChI is InChI=1S/C18H33NO3/c1-3-4-5-6-7-8-9-10-11-15(2)16-12-13-19(18(16)22)14-17(20)21/h15-16H,3-14H2,1-2H3,(H,20,21). The first-order valence-electron chi connectivity index (χ1n) is 9.06. The molecule has 22 heavy (non-hydrogen) atoms. The Hall–Kier alpha value is -1.06. The summed E-state index contributed by atoms with van der Waals surface area (Å²) in [4.78, 5) is 24.4. The number of hydrogen-bond acceptors (Lipinski definition) is 2. The van der Waals surface area contributed by atoms with Crippen LogP contribution < -0.4 is 0 Å². The lowest BCUT2D eigenvalue weighted by atomic mass is 9.88. The van der Waals surface area contributed by atoms with E-state index in [2.05, 4.69) is 13.8 Å². The molecule has 1 aliphatic heterocycles. The molecule has 1 N–H and O–H groups in total. The van der Waals surface area contributed by atoms with Crippen molar-refractivity contribution in [3.8, 4) is 0 Å². The number of unbranched alkanes of at least 4 members (excludes halogenated alkanes) is 7. The van der Waals surface area contributed by atoms with Crippen LogP contribution >= 0.6 is 0 Å². The van der Waals surface area contributed by atoms with Crippen LogP contribution in [0.4, 0.5) is 0 Å². The molecule has 2 unspecified atom stereocenters. The molecule has 1 rings (SSSR count). The molecule has 0 aromatic rings. The quantitative estimate of drug-likeness (QED) is 0.552. The van der Waals surface area contributed by atoms with Gasteiger partial charge in [0.2, 0.25) is 5.91 Å². The molecule has 1 aliphatic rings. The van der Waals surface area contributed by atoms with Crippen molar-refractivity contribution in [3.05, 3.63) is 0 Å². The van der Waals surface area contributed by atoms with Gasteiger partial charge in [-0.05, 0) is 18.8 Å². The van der Waals surface area contributed by atoms with Crippen LogP contribution in [0, 0.1) is 11.8 Å². The number of rotatable bonds is 12. The maximum absolute atomic E-state index is 12.2. The monoisotopic (exact) mass is 311 g/mol. The van der Waals surface area contributed by atoms with Crippen LogP contribution in [0.25, 0.3) is 0 Å². The summed E-state index contributed by atoms with van der Waals surface area (Å²) in [5, 5.41) is 8.80. The molecule has 0 aromatic carbocycles. The van der Waals surface area contributed by atoms with Crippen LogP contribution in [0.15, 0.2) is 0 Å². The molecule has 2 atom stereocenters. The summed E-state index contributed by atoms with van der Waals surface area (Å²) < 4.78 is 0. The third-order valence-corrected chi connectivity index (χ3v) is 4.86. The van der Waals surface area contributed by atoms with Gasteiger partial charge in [-0.15, -0.1) is 0 Å². The van der Waals surface area contributed by atoms with Crippen LogP contribution in [0.2, 0.25) is 0 Å². The van der Waals surface area contributed by atoms with Crippen molar-refractivity contribution in [2.24, 2.45) is 11.8 Å². The van der Waals surface area contributed by atoms with Crippen molar-refractivity contribution in [1.29, 1.82) is 0 Å². The first-order chi connectivity index (χ1) is 10.6. The molecule has 0 radical (unpaired) electrons. The zero-order valence-electron chi connectivity index (χ0n) is 14.4. The maximum atomic E-state index is 12.2. The summed E-state index contributed by atoms with van der Waals surface area (Å²) in [5.74, 6) is -0.436. The third kappa shape index (κ3) is 6.80. The molecule has 0 saturated carbocycles. The first-order valence-corrected chi connectivity index (χ1v) is 9.06. The number of amides is 1. The van der Waals surface area contributed by atoms with Crippen LogP contribution in [0.5, 0.6) is 0 Å². The number of aliphatic carboxylic acids is 1. The normalized spacial score (nSPS) is 19.6. The molecular formula is C18H33NO3. The predicted molar refractivity (Wildman–Crippen MR) is 88.7 cm³/mol. The fourth-order valence-electron chi connectivity index (χ4n) is 3.41. The number of carboxylic acid groups (broad SMARTS) is 1. The minimum absolute atomic E-state index is 0.0453. The van der Waals surface area contributed by atoms with Gasteiger partial charge >= 0.3 is 5.97 Å². The van der Waals surface area contributed by atoms with Gasteiger partial charge in [0.1, 0.15) is 6.54 Å². The SMILES string of the molecule is CCCCCCCCCCC(C)C1CCN(CC(=O)O)C1=O. The van der Waals surface area contributed by atoms with Crippen LogP contribution in [-0.4, -0.2) is 35.0 Å². The van der Waals surface area contributed by atoms with Crippen molar-refractivity contribution < 1.29 is 14.7 Å². The number of carbonyl (C=O) groups is 2. The Labute approximate surface area is 135 Å². The summed E-state index contributed by atoms with van der Waals surface area (Å²) in [6.45, 7) is 4.86. The van der Waals surface area contributed by atoms with Crippen LogP contribution in [0.1, 0.15) is 78.1 Å². The highest BCUT2D eigenvalue weighted by atomic mass is 16.4. The second kappa shape index (κ2) is 10.6. The summed E-state index contributed by atoms with van der Waals surface area (Å²) in [5.41, 5.74) is 0. The van der Waals surface area contributed by atoms with Crippen molar-refractivity contribution in [1.82, 2.24) is 4.90 Å². The van der Waals surface area contributed by atoms with Gasteiger partial charge in [0.15, 0.2) is 0 Å². The van der Waals surface area contributed by atoms with E-state index in [1.165, 1.54) is 56.3 Å². The zero-order chi connectivity index (χ0) is 16.4. The molecule has 1 fully saturated rings. The molecular weight excluding hydrogens is 278 g/mol. The minimum atomic E-state index is -0.912. The highest BCUT2D eigenvalue weighted by molar-refractivity contribution is 5.84. The predicted octanol–water partition coefficient (Wildman–Crippen LogP) is 4.09. The second-order valence-corrected chi connectivity index (χ2v) is 6.79. The number of carboxylic acids is 1. The fourth-order valence-corrected chi connectivity index (χ4v) is 3.41. The van der Waals surface area contributed by atoms with Gasteiger partial charge in [-0.25, -0.2) is 0 Å². The maximum Gasteiger partial charge on any atom is 0.323 e. The van der Waals surface area contributed by atoms with Gasteiger partial charge in [0.25, 0.3) is 0 Å². The number of likely N-dealkylation sites (tertiary alicyclic amines) is 1. The smallest absolute Gasteiger partial charge is 0.323 e. The van der Waals surface area contributed by atoms with Crippen LogP contribution in [-0.2, 0) is 9.59 Å². The van der Waals surface area contributed by atoms with E-state index < -0.39 is 5.97 Å². The molecule has 1 heterocycles. The van der Waals surface area contributed by atoms with Crippen molar-refractivity contribution in [2.75, 3.05) is 13.1 Å². The molecule has 0 aliphatic carbocycles. The van der Waals surface area contributed by atoms with Crippen LogP contribution in [0.3, 0.4) is 0 Å². The Morgan fingerprint density at radius 1 is 1.18 bits per heavy atom. The zero-order valence-corrected chi connectivity index (χ0v) is 14.4. The number of nitrogens with zero attached hydrogens (tertiary/aromatic N) is 1. The van der Waals surface area contributed by atoms with Gasteiger partial charge in [0.05, 0.1) is 0 Å². The number of hydrogen-bond donors (Lipinski definition) is 1. The van der Waals surface area contributed by atoms with Gasteiger partial charge < -0.3 is 10.0 Å². The molecule has 128 valence electrons. The van der Waals surface area contributed by atoms with Gasteiger partial charge in [-0.1, -0.05) is 65.2 Å². The van der Waals surface area contributed by atoms with E-state index in [4.69, 9.17) is 5.11 Å². The molecule has 4 nitrogen and oxygen atoms in total. The van der Waals surface area contributed by atoms with Crippen molar-refractivity contribution >= 4 is 11.9 Å². The molecule has 0 bridgehead atoms. The average molecular weight is 311 g/mol. The van der Waals surface area contributed by atoms with E-state index >= 15 is 0 Å². The first kappa shape index (κ1) is 19.0. The average Bonchev–Trinajstić information content (AvgIpc) is 2.82. The Morgan fingerprint density at radius 3 is 2.36 bits per heavy atom. The fraction of sp³-hybridized carbons (Fsp3) is 0.889. The Kier molecular flexibility index (Phi) is 9.17. The lowest BCUT2D eigenvalue weighted by Gasteiger charge is -2.19. The molecule has 1 saturated heterocycles. The van der Waals surface area contributed by atoms with Gasteiger partial charge in [0, 0.05) is 12.5 Å². The van der Waals surface area contributed by atoms with E-state index in [9.17, 15) is 9.59 Å². The Balaban J connectivity index is 2.11. The summed E-state index contributed by atoms with van der Waals surface area (Å²) >= 11 is 0. The largest absolute Gasteiger partial charge is 0.480 e. The molecule has 4 heteroatoms. The lowest BCUT2D eigenvalue weighted by molar-refractivity contribution is -0.144. The molecule has 1 amide bonds. The summed E-state index contributed by atoms with van der Waals surface area (Å²) in [6, 6.07) is 0. The molecule has 0 spiro atoms. The minimum Gasteiger partial charge on any atom is -0.480 e. The van der Waals surface area contributed by atoms with E-state index in [1.54, 1.807) is 0 Å². The van der Waals surface area contributed by atoms with Crippen molar-refractivity contribution in [3.63, 3.8) is 0 Å².